The summed E-state index contributed by atoms with van der Waals surface area (Å²) in [4.78, 5) is 31.1. The van der Waals surface area contributed by atoms with Gasteiger partial charge in [0.15, 0.2) is 0 Å². The van der Waals surface area contributed by atoms with Gasteiger partial charge in [0.1, 0.15) is 11.9 Å². The van der Waals surface area contributed by atoms with Crippen molar-refractivity contribution in [3.05, 3.63) is 65.7 Å². The molecule has 1 aromatic heterocycles. The molecule has 0 spiro atoms. The molecule has 27 heavy (non-hydrogen) atoms. The molecule has 2 amide bonds. The molecular formula is C20H23FN4O2. The predicted molar refractivity (Wildman–Crippen MR) is 99.0 cm³/mol. The molecule has 0 saturated carbocycles. The number of likely N-dealkylation sites (N-methyl/N-ethyl adjacent to an activating group) is 1. The highest BCUT2D eigenvalue weighted by Crippen LogP contribution is 2.31. The summed E-state index contributed by atoms with van der Waals surface area (Å²) in [6.07, 6.45) is 4.74. The van der Waals surface area contributed by atoms with Gasteiger partial charge in [0.25, 0.3) is 0 Å². The standard InChI is InChI=1S/C20H23FN4O2/c1-22-20(27)18(15-5-2-3-6-16(15)21)25-12-4-7-17(25)19(26)24-13-14-8-10-23-11-9-14/h2-3,5-6,8-11,17-18H,4,7,12-13H2,1H3,(H,22,27)(H,24,26). The first-order valence-electron chi connectivity index (χ1n) is 9.00. The van der Waals surface area contributed by atoms with E-state index >= 15 is 0 Å². The van der Waals surface area contributed by atoms with E-state index in [0.29, 0.717) is 19.5 Å². The lowest BCUT2D eigenvalue weighted by molar-refractivity contribution is -0.131. The van der Waals surface area contributed by atoms with E-state index in [9.17, 15) is 14.0 Å². The van der Waals surface area contributed by atoms with Crippen LogP contribution in [0.25, 0.3) is 0 Å². The fourth-order valence-electron chi connectivity index (χ4n) is 3.49. The summed E-state index contributed by atoms with van der Waals surface area (Å²) >= 11 is 0. The summed E-state index contributed by atoms with van der Waals surface area (Å²) in [6, 6.07) is 8.56. The van der Waals surface area contributed by atoms with E-state index in [1.54, 1.807) is 35.5 Å². The van der Waals surface area contributed by atoms with Crippen molar-refractivity contribution in [3.8, 4) is 0 Å². The second-order valence-corrected chi connectivity index (χ2v) is 6.51. The van der Waals surface area contributed by atoms with Crippen LogP contribution in [0.1, 0.15) is 30.0 Å². The van der Waals surface area contributed by atoms with Crippen LogP contribution in [0.3, 0.4) is 0 Å². The van der Waals surface area contributed by atoms with Gasteiger partial charge in [0.05, 0.1) is 6.04 Å². The van der Waals surface area contributed by atoms with Gasteiger partial charge in [-0.2, -0.15) is 0 Å². The lowest BCUT2D eigenvalue weighted by atomic mass is 10.0. The number of nitrogens with zero attached hydrogens (tertiary/aromatic N) is 2. The lowest BCUT2D eigenvalue weighted by Crippen LogP contribution is -2.48. The normalized spacial score (nSPS) is 18.1. The quantitative estimate of drug-likeness (QED) is 0.813. The minimum Gasteiger partial charge on any atom is -0.358 e. The van der Waals surface area contributed by atoms with Crippen LogP contribution in [0, 0.1) is 5.82 Å². The summed E-state index contributed by atoms with van der Waals surface area (Å²) in [5.41, 5.74) is 1.23. The van der Waals surface area contributed by atoms with Crippen molar-refractivity contribution >= 4 is 11.8 Å². The van der Waals surface area contributed by atoms with Crippen molar-refractivity contribution in [2.45, 2.75) is 31.5 Å². The van der Waals surface area contributed by atoms with Crippen LogP contribution in [0.5, 0.6) is 0 Å². The molecule has 0 aliphatic carbocycles. The van der Waals surface area contributed by atoms with E-state index in [-0.39, 0.29) is 17.4 Å². The van der Waals surface area contributed by atoms with Crippen molar-refractivity contribution in [1.29, 1.82) is 0 Å². The third-order valence-corrected chi connectivity index (χ3v) is 4.84. The number of carbonyl (C=O) groups excluding carboxylic acids is 2. The molecule has 1 aliphatic heterocycles. The molecule has 142 valence electrons. The Labute approximate surface area is 157 Å². The molecule has 7 heteroatoms. The Morgan fingerprint density at radius 1 is 1.26 bits per heavy atom. The zero-order valence-electron chi connectivity index (χ0n) is 15.2. The molecular weight excluding hydrogens is 347 g/mol. The van der Waals surface area contributed by atoms with E-state index in [1.165, 1.54) is 13.1 Å². The number of carbonyl (C=O) groups is 2. The number of benzene rings is 1. The fourth-order valence-corrected chi connectivity index (χ4v) is 3.49. The second-order valence-electron chi connectivity index (χ2n) is 6.51. The summed E-state index contributed by atoms with van der Waals surface area (Å²) < 4.78 is 14.4. The van der Waals surface area contributed by atoms with E-state index in [0.717, 1.165) is 12.0 Å². The molecule has 6 nitrogen and oxygen atoms in total. The number of hydrogen-bond acceptors (Lipinski definition) is 4. The van der Waals surface area contributed by atoms with Crippen LogP contribution < -0.4 is 10.6 Å². The Morgan fingerprint density at radius 2 is 2.00 bits per heavy atom. The smallest absolute Gasteiger partial charge is 0.241 e. The Bertz CT molecular complexity index is 800. The van der Waals surface area contributed by atoms with E-state index in [2.05, 4.69) is 15.6 Å². The maximum atomic E-state index is 14.4. The van der Waals surface area contributed by atoms with Gasteiger partial charge in [-0.1, -0.05) is 18.2 Å². The van der Waals surface area contributed by atoms with Gasteiger partial charge in [-0.15, -0.1) is 0 Å². The van der Waals surface area contributed by atoms with Crippen LogP contribution in [-0.2, 0) is 16.1 Å². The minimum atomic E-state index is -0.838. The molecule has 2 heterocycles. The molecule has 2 N–H and O–H groups in total. The molecule has 1 saturated heterocycles. The largest absolute Gasteiger partial charge is 0.358 e. The predicted octanol–water partition coefficient (Wildman–Crippen LogP) is 1.79. The van der Waals surface area contributed by atoms with E-state index in [1.807, 2.05) is 12.1 Å². The number of aromatic nitrogens is 1. The van der Waals surface area contributed by atoms with Gasteiger partial charge in [-0.05, 0) is 36.6 Å². The average Bonchev–Trinajstić information content (AvgIpc) is 3.18. The SMILES string of the molecule is CNC(=O)C(c1ccccc1F)N1CCCC1C(=O)NCc1ccncc1. The van der Waals surface area contributed by atoms with Gasteiger partial charge in [0, 0.05) is 38.1 Å². The number of likely N-dealkylation sites (tertiary alicyclic amines) is 1. The molecule has 1 aromatic carbocycles. The highest BCUT2D eigenvalue weighted by atomic mass is 19.1. The third-order valence-electron chi connectivity index (χ3n) is 4.84. The van der Waals surface area contributed by atoms with Gasteiger partial charge in [0.2, 0.25) is 11.8 Å². The second kappa shape index (κ2) is 8.73. The van der Waals surface area contributed by atoms with Crippen LogP contribution in [-0.4, -0.2) is 41.3 Å². The zero-order valence-corrected chi connectivity index (χ0v) is 15.2. The van der Waals surface area contributed by atoms with Crippen molar-refractivity contribution in [2.75, 3.05) is 13.6 Å². The molecule has 1 aliphatic rings. The third kappa shape index (κ3) is 4.31. The van der Waals surface area contributed by atoms with Crippen LogP contribution in [0.2, 0.25) is 0 Å². The van der Waals surface area contributed by atoms with Crippen molar-refractivity contribution in [1.82, 2.24) is 20.5 Å². The van der Waals surface area contributed by atoms with Crippen LogP contribution in [0.15, 0.2) is 48.8 Å². The Hall–Kier alpha value is -2.80. The molecule has 2 aromatic rings. The molecule has 2 atom stereocenters. The Morgan fingerprint density at radius 3 is 2.70 bits per heavy atom. The highest BCUT2D eigenvalue weighted by molar-refractivity contribution is 5.86. The maximum Gasteiger partial charge on any atom is 0.241 e. The van der Waals surface area contributed by atoms with Gasteiger partial charge in [-0.25, -0.2) is 4.39 Å². The summed E-state index contributed by atoms with van der Waals surface area (Å²) in [6.45, 7) is 0.940. The number of nitrogens with one attached hydrogen (secondary N) is 2. The van der Waals surface area contributed by atoms with Crippen LogP contribution >= 0.6 is 0 Å². The minimum absolute atomic E-state index is 0.158. The monoisotopic (exact) mass is 370 g/mol. The first-order chi connectivity index (χ1) is 13.1. The summed E-state index contributed by atoms with van der Waals surface area (Å²) in [5, 5.41) is 5.51. The van der Waals surface area contributed by atoms with Gasteiger partial charge >= 0.3 is 0 Å². The Balaban J connectivity index is 1.78. The number of rotatable bonds is 6. The lowest BCUT2D eigenvalue weighted by Gasteiger charge is -2.31. The molecule has 2 unspecified atom stereocenters. The van der Waals surface area contributed by atoms with E-state index < -0.39 is 17.9 Å². The molecule has 1 fully saturated rings. The summed E-state index contributed by atoms with van der Waals surface area (Å²) in [7, 11) is 1.52. The molecule has 0 bridgehead atoms. The average molecular weight is 370 g/mol. The number of halogens is 1. The number of hydrogen-bond donors (Lipinski definition) is 2. The van der Waals surface area contributed by atoms with Gasteiger partial charge in [-0.3, -0.25) is 19.5 Å². The highest BCUT2D eigenvalue weighted by Gasteiger charge is 2.39. The first-order valence-corrected chi connectivity index (χ1v) is 9.00. The molecule has 3 rings (SSSR count). The maximum absolute atomic E-state index is 14.4. The Kier molecular flexibility index (Phi) is 6.13. The van der Waals surface area contributed by atoms with Crippen molar-refractivity contribution < 1.29 is 14.0 Å². The summed E-state index contributed by atoms with van der Waals surface area (Å²) in [5.74, 6) is -0.933. The van der Waals surface area contributed by atoms with Crippen molar-refractivity contribution in [2.24, 2.45) is 0 Å². The van der Waals surface area contributed by atoms with Crippen molar-refractivity contribution in [3.63, 3.8) is 0 Å². The number of amides is 2. The van der Waals surface area contributed by atoms with Crippen LogP contribution in [0.4, 0.5) is 4.39 Å². The van der Waals surface area contributed by atoms with Gasteiger partial charge < -0.3 is 10.6 Å². The zero-order chi connectivity index (χ0) is 19.2. The van der Waals surface area contributed by atoms with E-state index in [4.69, 9.17) is 0 Å². The number of pyridine rings is 1. The molecule has 0 radical (unpaired) electrons. The fraction of sp³-hybridized carbons (Fsp3) is 0.350. The first kappa shape index (κ1) is 19.0. The topological polar surface area (TPSA) is 74.3 Å².